The van der Waals surface area contributed by atoms with Crippen molar-refractivity contribution in [2.24, 2.45) is 5.92 Å². The van der Waals surface area contributed by atoms with E-state index in [-0.39, 0.29) is 0 Å². The van der Waals surface area contributed by atoms with Gasteiger partial charge in [0.15, 0.2) is 5.11 Å². The minimum atomic E-state index is 0.628. The molecule has 2 aliphatic rings. The summed E-state index contributed by atoms with van der Waals surface area (Å²) in [4.78, 5) is 2.36. The molecule has 1 aliphatic heterocycles. The summed E-state index contributed by atoms with van der Waals surface area (Å²) < 4.78 is 0. The highest BCUT2D eigenvalue weighted by Gasteiger charge is 2.23. The van der Waals surface area contributed by atoms with Gasteiger partial charge in [-0.15, -0.1) is 0 Å². The highest BCUT2D eigenvalue weighted by molar-refractivity contribution is 7.80. The van der Waals surface area contributed by atoms with E-state index in [1.165, 1.54) is 44.9 Å². The molecule has 1 aliphatic carbocycles. The number of likely N-dealkylation sites (tertiary alicyclic amines) is 1. The van der Waals surface area contributed by atoms with Gasteiger partial charge >= 0.3 is 0 Å². The maximum absolute atomic E-state index is 5.52. The van der Waals surface area contributed by atoms with Crippen molar-refractivity contribution in [2.45, 2.75) is 57.9 Å². The maximum atomic E-state index is 5.52. The highest BCUT2D eigenvalue weighted by atomic mass is 32.1. The zero-order valence-electron chi connectivity index (χ0n) is 10.4. The molecule has 0 radical (unpaired) electrons. The third kappa shape index (κ3) is 3.09. The van der Waals surface area contributed by atoms with E-state index >= 15 is 0 Å². The second-order valence-corrected chi connectivity index (χ2v) is 5.75. The summed E-state index contributed by atoms with van der Waals surface area (Å²) in [5, 5.41) is 4.61. The van der Waals surface area contributed by atoms with Gasteiger partial charge in [-0.1, -0.05) is 19.8 Å². The van der Waals surface area contributed by atoms with E-state index in [0.717, 1.165) is 24.1 Å². The fourth-order valence-electron chi connectivity index (χ4n) is 2.88. The molecule has 3 heteroatoms. The topological polar surface area (TPSA) is 15.3 Å². The van der Waals surface area contributed by atoms with Crippen LogP contribution in [0, 0.1) is 5.92 Å². The first-order valence-electron chi connectivity index (χ1n) is 6.83. The summed E-state index contributed by atoms with van der Waals surface area (Å²) in [5.74, 6) is 0.788. The zero-order valence-corrected chi connectivity index (χ0v) is 11.2. The number of nitrogens with zero attached hydrogens (tertiary/aromatic N) is 1. The first-order chi connectivity index (χ1) is 7.77. The Bertz CT molecular complexity index is 236. The van der Waals surface area contributed by atoms with Gasteiger partial charge in [0.1, 0.15) is 0 Å². The van der Waals surface area contributed by atoms with E-state index in [4.69, 9.17) is 12.2 Å². The van der Waals surface area contributed by atoms with E-state index in [9.17, 15) is 0 Å². The van der Waals surface area contributed by atoms with Crippen LogP contribution in [-0.2, 0) is 0 Å². The first kappa shape index (κ1) is 12.2. The Balaban J connectivity index is 1.80. The predicted octanol–water partition coefficient (Wildman–Crippen LogP) is 2.93. The van der Waals surface area contributed by atoms with Crippen molar-refractivity contribution in [2.75, 3.05) is 13.1 Å². The van der Waals surface area contributed by atoms with Crippen LogP contribution in [0.2, 0.25) is 0 Å². The Hall–Kier alpha value is -0.310. The first-order valence-corrected chi connectivity index (χ1v) is 7.23. The number of thiocarbonyl (C=S) groups is 1. The highest BCUT2D eigenvalue weighted by Crippen LogP contribution is 2.24. The number of hydrogen-bond acceptors (Lipinski definition) is 1. The Morgan fingerprint density at radius 1 is 1.06 bits per heavy atom. The SMILES string of the molecule is CC1CCCCC1NC(=S)N1CCCCC1. The van der Waals surface area contributed by atoms with Crippen LogP contribution in [0.3, 0.4) is 0 Å². The molecule has 2 nitrogen and oxygen atoms in total. The van der Waals surface area contributed by atoms with Gasteiger partial charge in [0.2, 0.25) is 0 Å². The van der Waals surface area contributed by atoms with Crippen molar-refractivity contribution < 1.29 is 0 Å². The Labute approximate surface area is 105 Å². The van der Waals surface area contributed by atoms with Crippen molar-refractivity contribution >= 4 is 17.3 Å². The average molecular weight is 240 g/mol. The van der Waals surface area contributed by atoms with Crippen molar-refractivity contribution in [3.05, 3.63) is 0 Å². The number of rotatable bonds is 1. The molecule has 0 aromatic carbocycles. The molecule has 1 N–H and O–H groups in total. The molecule has 2 atom stereocenters. The quantitative estimate of drug-likeness (QED) is 0.710. The fourth-order valence-corrected chi connectivity index (χ4v) is 3.21. The largest absolute Gasteiger partial charge is 0.360 e. The Morgan fingerprint density at radius 3 is 2.44 bits per heavy atom. The molecule has 1 saturated heterocycles. The van der Waals surface area contributed by atoms with Crippen LogP contribution in [0.5, 0.6) is 0 Å². The van der Waals surface area contributed by atoms with Crippen LogP contribution >= 0.6 is 12.2 Å². The lowest BCUT2D eigenvalue weighted by Gasteiger charge is -2.35. The number of piperidine rings is 1. The van der Waals surface area contributed by atoms with Crippen LogP contribution in [0.25, 0.3) is 0 Å². The second-order valence-electron chi connectivity index (χ2n) is 5.37. The molecule has 0 amide bonds. The molecule has 1 heterocycles. The summed E-state index contributed by atoms with van der Waals surface area (Å²) in [7, 11) is 0. The molecule has 0 spiro atoms. The molecule has 0 aromatic rings. The third-order valence-electron chi connectivity index (χ3n) is 4.06. The van der Waals surface area contributed by atoms with E-state index in [0.29, 0.717) is 6.04 Å². The second kappa shape index (κ2) is 5.85. The summed E-state index contributed by atoms with van der Waals surface area (Å²) >= 11 is 5.52. The van der Waals surface area contributed by atoms with Crippen LogP contribution in [-0.4, -0.2) is 29.1 Å². The molecule has 2 unspecified atom stereocenters. The molecule has 16 heavy (non-hydrogen) atoms. The van der Waals surface area contributed by atoms with E-state index in [1.54, 1.807) is 0 Å². The summed E-state index contributed by atoms with van der Waals surface area (Å²) in [6.45, 7) is 4.68. The summed E-state index contributed by atoms with van der Waals surface area (Å²) in [5.41, 5.74) is 0. The van der Waals surface area contributed by atoms with Gasteiger partial charge in [0.05, 0.1) is 0 Å². The fraction of sp³-hybridized carbons (Fsp3) is 0.923. The van der Waals surface area contributed by atoms with Crippen molar-refractivity contribution in [3.63, 3.8) is 0 Å². The van der Waals surface area contributed by atoms with E-state index in [1.807, 2.05) is 0 Å². The predicted molar refractivity (Wildman–Crippen MR) is 72.6 cm³/mol. The molecule has 0 bridgehead atoms. The minimum Gasteiger partial charge on any atom is -0.360 e. The Morgan fingerprint density at radius 2 is 1.75 bits per heavy atom. The van der Waals surface area contributed by atoms with Crippen LogP contribution in [0.4, 0.5) is 0 Å². The van der Waals surface area contributed by atoms with Crippen LogP contribution in [0.15, 0.2) is 0 Å². The molecule has 92 valence electrons. The molecule has 2 rings (SSSR count). The normalized spacial score (nSPS) is 31.2. The van der Waals surface area contributed by atoms with Gasteiger partial charge in [-0.25, -0.2) is 0 Å². The van der Waals surface area contributed by atoms with Gasteiger partial charge in [-0.05, 0) is 50.2 Å². The van der Waals surface area contributed by atoms with Crippen molar-refractivity contribution in [3.8, 4) is 0 Å². The summed E-state index contributed by atoms with van der Waals surface area (Å²) in [6, 6.07) is 0.628. The minimum absolute atomic E-state index is 0.628. The smallest absolute Gasteiger partial charge is 0.169 e. The van der Waals surface area contributed by atoms with E-state index in [2.05, 4.69) is 17.1 Å². The van der Waals surface area contributed by atoms with Gasteiger partial charge < -0.3 is 10.2 Å². The molecular weight excluding hydrogens is 216 g/mol. The monoisotopic (exact) mass is 240 g/mol. The average Bonchev–Trinajstić information content (AvgIpc) is 2.33. The molecule has 2 fully saturated rings. The van der Waals surface area contributed by atoms with Gasteiger partial charge in [0, 0.05) is 19.1 Å². The lowest BCUT2D eigenvalue weighted by molar-refractivity contribution is 0.286. The molecular formula is C13H24N2S. The standard InChI is InChI=1S/C13H24N2S/c1-11-7-3-4-8-12(11)14-13(16)15-9-5-2-6-10-15/h11-12H,2-10H2,1H3,(H,14,16). The Kier molecular flexibility index (Phi) is 4.45. The number of nitrogens with one attached hydrogen (secondary N) is 1. The summed E-state index contributed by atoms with van der Waals surface area (Å²) in [6.07, 6.45) is 9.42. The maximum Gasteiger partial charge on any atom is 0.169 e. The van der Waals surface area contributed by atoms with Crippen molar-refractivity contribution in [1.82, 2.24) is 10.2 Å². The zero-order chi connectivity index (χ0) is 11.4. The van der Waals surface area contributed by atoms with E-state index < -0.39 is 0 Å². The number of hydrogen-bond donors (Lipinski definition) is 1. The molecule has 1 saturated carbocycles. The van der Waals surface area contributed by atoms with Crippen LogP contribution in [0.1, 0.15) is 51.9 Å². The van der Waals surface area contributed by atoms with Crippen LogP contribution < -0.4 is 5.32 Å². The third-order valence-corrected chi connectivity index (χ3v) is 4.44. The van der Waals surface area contributed by atoms with Gasteiger partial charge in [-0.2, -0.15) is 0 Å². The van der Waals surface area contributed by atoms with Crippen molar-refractivity contribution in [1.29, 1.82) is 0 Å². The lowest BCUT2D eigenvalue weighted by Crippen LogP contribution is -2.49. The van der Waals surface area contributed by atoms with Gasteiger partial charge in [0.25, 0.3) is 0 Å². The van der Waals surface area contributed by atoms with Gasteiger partial charge in [-0.3, -0.25) is 0 Å². The molecule has 0 aromatic heterocycles. The lowest BCUT2D eigenvalue weighted by atomic mass is 9.86.